The SMILES string of the molecule is Nc1c(N=Nc2ccc(S(=O)(=O)O)cc2)ccc2ccc(N=Nc3ccccc3OC=O)c(O)c12. The molecular weight excluding hydrogens is 474 g/mol. The van der Waals surface area contributed by atoms with Crippen molar-refractivity contribution in [1.82, 2.24) is 0 Å². The number of hydrogen-bond donors (Lipinski definition) is 3. The molecule has 11 nitrogen and oxygen atoms in total. The molecule has 0 aliphatic heterocycles. The molecule has 0 aliphatic carbocycles. The second-order valence-corrected chi connectivity index (χ2v) is 8.50. The number of aromatic hydroxyl groups is 1. The van der Waals surface area contributed by atoms with Gasteiger partial charge in [-0.1, -0.05) is 24.3 Å². The number of nitrogens with two attached hydrogens (primary N) is 1. The first-order valence-corrected chi connectivity index (χ1v) is 11.4. The Morgan fingerprint density at radius 2 is 1.43 bits per heavy atom. The average Bonchev–Trinajstić information content (AvgIpc) is 2.84. The van der Waals surface area contributed by atoms with Crippen LogP contribution >= 0.6 is 0 Å². The molecular formula is C23H17N5O6S. The van der Waals surface area contributed by atoms with Crippen molar-refractivity contribution in [3.63, 3.8) is 0 Å². The Balaban J connectivity index is 1.67. The van der Waals surface area contributed by atoms with E-state index in [2.05, 4.69) is 20.5 Å². The minimum atomic E-state index is -4.31. The van der Waals surface area contributed by atoms with Gasteiger partial charge in [-0.05, 0) is 53.9 Å². The van der Waals surface area contributed by atoms with Crippen LogP contribution in [-0.4, -0.2) is 24.5 Å². The molecule has 176 valence electrons. The van der Waals surface area contributed by atoms with E-state index in [1.807, 2.05) is 0 Å². The Kier molecular flexibility index (Phi) is 6.48. The highest BCUT2D eigenvalue weighted by Crippen LogP contribution is 2.42. The quantitative estimate of drug-likeness (QED) is 0.128. The fourth-order valence-electron chi connectivity index (χ4n) is 3.17. The standard InChI is InChI=1S/C23H17N5O6S/c24-22-18(27-25-15-7-9-16(10-8-15)35(31,32)33)11-5-14-6-12-19(23(30)21(14)22)28-26-17-3-1-2-4-20(17)34-13-29/h1-13,30H,24H2,(H,31,32,33). The van der Waals surface area contributed by atoms with Crippen LogP contribution in [0.15, 0.2) is 98.1 Å². The fraction of sp³-hybridized carbons (Fsp3) is 0. The minimum absolute atomic E-state index is 0.125. The maximum atomic E-state index is 11.2. The Bertz CT molecular complexity index is 1580. The van der Waals surface area contributed by atoms with Crippen LogP contribution < -0.4 is 10.5 Å². The molecule has 0 saturated heterocycles. The molecule has 0 amide bonds. The number of nitrogens with zero attached hydrogens (tertiary/aromatic N) is 4. The van der Waals surface area contributed by atoms with Crippen LogP contribution in [0.25, 0.3) is 10.8 Å². The number of carbonyl (C=O) groups is 1. The molecule has 0 bridgehead atoms. The Morgan fingerprint density at radius 1 is 0.800 bits per heavy atom. The largest absolute Gasteiger partial charge is 0.505 e. The summed E-state index contributed by atoms with van der Waals surface area (Å²) < 4.78 is 36.2. The normalized spacial score (nSPS) is 11.9. The van der Waals surface area contributed by atoms with Crippen LogP contribution in [-0.2, 0) is 14.9 Å². The van der Waals surface area contributed by atoms with Gasteiger partial charge in [0.1, 0.15) is 17.1 Å². The molecule has 12 heteroatoms. The van der Waals surface area contributed by atoms with E-state index in [-0.39, 0.29) is 51.0 Å². The van der Waals surface area contributed by atoms with Crippen LogP contribution in [0.3, 0.4) is 0 Å². The van der Waals surface area contributed by atoms with Crippen molar-refractivity contribution < 1.29 is 27.6 Å². The van der Waals surface area contributed by atoms with Crippen molar-refractivity contribution in [2.75, 3.05) is 5.73 Å². The predicted molar refractivity (Wildman–Crippen MR) is 128 cm³/mol. The number of benzene rings is 4. The van der Waals surface area contributed by atoms with Gasteiger partial charge in [0, 0.05) is 0 Å². The number of para-hydroxylation sites is 1. The molecule has 4 N–H and O–H groups in total. The van der Waals surface area contributed by atoms with E-state index in [0.29, 0.717) is 11.1 Å². The maximum absolute atomic E-state index is 11.2. The van der Waals surface area contributed by atoms with E-state index in [9.17, 15) is 18.3 Å². The van der Waals surface area contributed by atoms with Gasteiger partial charge in [-0.3, -0.25) is 9.35 Å². The van der Waals surface area contributed by atoms with Crippen molar-refractivity contribution in [2.24, 2.45) is 20.5 Å². The molecule has 0 fully saturated rings. The summed E-state index contributed by atoms with van der Waals surface area (Å²) in [4.78, 5) is 10.4. The molecule has 0 unspecified atom stereocenters. The van der Waals surface area contributed by atoms with Gasteiger partial charge in [0.05, 0.1) is 21.7 Å². The summed E-state index contributed by atoms with van der Waals surface area (Å²) in [5.74, 6) is -0.0227. The molecule has 4 aromatic rings. The number of hydrogen-bond acceptors (Lipinski definition) is 10. The van der Waals surface area contributed by atoms with Crippen molar-refractivity contribution in [1.29, 1.82) is 0 Å². The first kappa shape index (κ1) is 23.5. The van der Waals surface area contributed by atoms with Crippen LogP contribution in [0.5, 0.6) is 11.5 Å². The number of ether oxygens (including phenoxy) is 1. The van der Waals surface area contributed by atoms with Crippen LogP contribution in [0, 0.1) is 0 Å². The summed E-state index contributed by atoms with van der Waals surface area (Å²) in [6.07, 6.45) is 0. The molecule has 4 aromatic carbocycles. The molecule has 0 spiro atoms. The fourth-order valence-corrected chi connectivity index (χ4v) is 3.65. The molecule has 0 saturated carbocycles. The van der Waals surface area contributed by atoms with Gasteiger partial charge in [0.25, 0.3) is 16.6 Å². The third kappa shape index (κ3) is 5.13. The van der Waals surface area contributed by atoms with Gasteiger partial charge in [0.15, 0.2) is 11.5 Å². The smallest absolute Gasteiger partial charge is 0.298 e. The van der Waals surface area contributed by atoms with Gasteiger partial charge in [-0.25, -0.2) is 0 Å². The topological polar surface area (TPSA) is 176 Å². The molecule has 0 aliphatic rings. The van der Waals surface area contributed by atoms with Gasteiger partial charge < -0.3 is 15.6 Å². The number of carbonyl (C=O) groups excluding carboxylic acids is 1. The predicted octanol–water partition coefficient (Wildman–Crippen LogP) is 5.74. The summed E-state index contributed by atoms with van der Waals surface area (Å²) in [5.41, 5.74) is 7.37. The lowest BCUT2D eigenvalue weighted by Gasteiger charge is -2.09. The Hall–Kier alpha value is -4.68. The number of fused-ring (bicyclic) bond motifs is 1. The average molecular weight is 491 g/mol. The maximum Gasteiger partial charge on any atom is 0.298 e. The summed E-state index contributed by atoms with van der Waals surface area (Å²) in [6, 6.07) is 18.2. The third-order valence-electron chi connectivity index (χ3n) is 4.87. The highest BCUT2D eigenvalue weighted by molar-refractivity contribution is 7.85. The summed E-state index contributed by atoms with van der Waals surface area (Å²) in [6.45, 7) is 0.279. The first-order chi connectivity index (χ1) is 16.8. The van der Waals surface area contributed by atoms with Crippen LogP contribution in [0.1, 0.15) is 0 Å². The number of phenolic OH excluding ortho intramolecular Hbond substituents is 1. The minimum Gasteiger partial charge on any atom is -0.505 e. The molecule has 35 heavy (non-hydrogen) atoms. The molecule has 0 atom stereocenters. The zero-order valence-corrected chi connectivity index (χ0v) is 18.6. The van der Waals surface area contributed by atoms with E-state index in [4.69, 9.17) is 15.0 Å². The van der Waals surface area contributed by atoms with Gasteiger partial charge in [-0.2, -0.15) is 13.5 Å². The summed E-state index contributed by atoms with van der Waals surface area (Å²) in [7, 11) is -4.31. The Labute approximate surface area is 199 Å². The molecule has 0 heterocycles. The van der Waals surface area contributed by atoms with Gasteiger partial charge in [0.2, 0.25) is 0 Å². The second kappa shape index (κ2) is 9.67. The van der Waals surface area contributed by atoms with Crippen molar-refractivity contribution in [3.05, 3.63) is 72.8 Å². The number of rotatable bonds is 7. The third-order valence-corrected chi connectivity index (χ3v) is 5.74. The Morgan fingerprint density at radius 3 is 2.11 bits per heavy atom. The lowest BCUT2D eigenvalue weighted by Crippen LogP contribution is -1.96. The van der Waals surface area contributed by atoms with Gasteiger partial charge in [-0.15, -0.1) is 15.3 Å². The summed E-state index contributed by atoms with van der Waals surface area (Å²) in [5, 5.41) is 28.0. The second-order valence-electron chi connectivity index (χ2n) is 7.08. The number of anilines is 1. The lowest BCUT2D eigenvalue weighted by atomic mass is 10.1. The molecule has 0 radical (unpaired) electrons. The monoisotopic (exact) mass is 491 g/mol. The summed E-state index contributed by atoms with van der Waals surface area (Å²) >= 11 is 0. The molecule has 0 aromatic heterocycles. The first-order valence-electron chi connectivity index (χ1n) is 9.92. The van der Waals surface area contributed by atoms with E-state index in [0.717, 1.165) is 0 Å². The highest BCUT2D eigenvalue weighted by Gasteiger charge is 2.13. The van der Waals surface area contributed by atoms with Crippen LogP contribution in [0.2, 0.25) is 0 Å². The zero-order valence-electron chi connectivity index (χ0n) is 17.8. The number of nitrogen functional groups attached to an aromatic ring is 1. The number of azo groups is 2. The highest BCUT2D eigenvalue weighted by atomic mass is 32.2. The van der Waals surface area contributed by atoms with Crippen molar-refractivity contribution >= 4 is 55.8 Å². The van der Waals surface area contributed by atoms with Gasteiger partial charge >= 0.3 is 0 Å². The zero-order chi connectivity index (χ0) is 25.0. The van der Waals surface area contributed by atoms with E-state index < -0.39 is 10.1 Å². The number of phenols is 1. The van der Waals surface area contributed by atoms with E-state index >= 15 is 0 Å². The van der Waals surface area contributed by atoms with E-state index in [1.54, 1.807) is 48.5 Å². The van der Waals surface area contributed by atoms with Crippen molar-refractivity contribution in [3.8, 4) is 11.5 Å². The lowest BCUT2D eigenvalue weighted by molar-refractivity contribution is -0.120. The van der Waals surface area contributed by atoms with Crippen molar-refractivity contribution in [2.45, 2.75) is 4.90 Å². The van der Waals surface area contributed by atoms with E-state index in [1.165, 1.54) is 24.3 Å². The molecule has 4 rings (SSSR count). The van der Waals surface area contributed by atoms with Crippen LogP contribution in [0.4, 0.5) is 28.4 Å².